The van der Waals surface area contributed by atoms with Crippen LogP contribution < -0.4 is 11.1 Å². The van der Waals surface area contributed by atoms with Gasteiger partial charge in [-0.05, 0) is 19.8 Å². The zero-order chi connectivity index (χ0) is 13.9. The summed E-state index contributed by atoms with van der Waals surface area (Å²) in [6.07, 6.45) is 2.08. The molecule has 17 heavy (non-hydrogen) atoms. The molecular weight excluding hydrogens is 260 g/mol. The molecule has 7 heteroatoms. The Labute approximate surface area is 108 Å². The number of rotatable bonds is 6. The third-order valence-corrected chi connectivity index (χ3v) is 4.94. The Morgan fingerprint density at radius 3 is 2.06 bits per heavy atom. The molecular formula is C10H20N2O3S2. The van der Waals surface area contributed by atoms with Crippen LogP contribution in [-0.4, -0.2) is 36.4 Å². The second kappa shape index (κ2) is 5.77. The van der Waals surface area contributed by atoms with Crippen molar-refractivity contribution in [1.82, 2.24) is 5.32 Å². The van der Waals surface area contributed by atoms with Gasteiger partial charge in [0.2, 0.25) is 5.91 Å². The first kappa shape index (κ1) is 16.3. The summed E-state index contributed by atoms with van der Waals surface area (Å²) in [5.74, 6) is -0.566. The highest BCUT2D eigenvalue weighted by Crippen LogP contribution is 2.16. The number of carbonyl (C=O) groups excluding carboxylic acids is 1. The van der Waals surface area contributed by atoms with Gasteiger partial charge in [-0.2, -0.15) is 0 Å². The van der Waals surface area contributed by atoms with E-state index in [1.165, 1.54) is 6.92 Å². The van der Waals surface area contributed by atoms with Crippen LogP contribution in [0.25, 0.3) is 0 Å². The van der Waals surface area contributed by atoms with E-state index in [1.807, 2.05) is 13.8 Å². The molecule has 0 aliphatic rings. The molecule has 0 aromatic heterocycles. The Balaban J connectivity index is 5.05. The lowest BCUT2D eigenvalue weighted by molar-refractivity contribution is -0.121. The highest BCUT2D eigenvalue weighted by molar-refractivity contribution is 7.92. The molecule has 0 heterocycles. The van der Waals surface area contributed by atoms with Crippen LogP contribution in [0.5, 0.6) is 0 Å². The van der Waals surface area contributed by atoms with E-state index in [-0.39, 0.29) is 4.99 Å². The Morgan fingerprint density at radius 2 is 1.82 bits per heavy atom. The molecule has 1 amide bonds. The van der Waals surface area contributed by atoms with Gasteiger partial charge in [0.15, 0.2) is 9.84 Å². The van der Waals surface area contributed by atoms with Crippen molar-refractivity contribution in [3.8, 4) is 0 Å². The highest BCUT2D eigenvalue weighted by atomic mass is 32.2. The van der Waals surface area contributed by atoms with Gasteiger partial charge in [0.05, 0.1) is 10.5 Å². The maximum Gasteiger partial charge on any atom is 0.238 e. The summed E-state index contributed by atoms with van der Waals surface area (Å²) >= 11 is 4.94. The van der Waals surface area contributed by atoms with Gasteiger partial charge in [0.1, 0.15) is 5.25 Å². The average molecular weight is 280 g/mol. The van der Waals surface area contributed by atoms with Gasteiger partial charge in [-0.1, -0.05) is 26.1 Å². The number of sulfone groups is 1. The molecule has 0 radical (unpaired) electrons. The highest BCUT2D eigenvalue weighted by Gasteiger charge is 2.35. The van der Waals surface area contributed by atoms with E-state index in [0.29, 0.717) is 12.8 Å². The van der Waals surface area contributed by atoms with Crippen LogP contribution in [0, 0.1) is 0 Å². The number of carbonyl (C=O) groups is 1. The van der Waals surface area contributed by atoms with E-state index in [1.54, 1.807) is 0 Å². The van der Waals surface area contributed by atoms with Gasteiger partial charge in [-0.15, -0.1) is 0 Å². The van der Waals surface area contributed by atoms with Crippen molar-refractivity contribution in [2.24, 2.45) is 5.73 Å². The summed E-state index contributed by atoms with van der Waals surface area (Å²) in [5, 5.41) is 1.55. The maximum atomic E-state index is 11.8. The minimum Gasteiger partial charge on any atom is -0.391 e. The van der Waals surface area contributed by atoms with Crippen LogP contribution >= 0.6 is 12.2 Å². The molecule has 0 spiro atoms. The summed E-state index contributed by atoms with van der Waals surface area (Å²) in [4.78, 5) is 12.0. The average Bonchev–Trinajstić information content (AvgIpc) is 2.22. The first-order valence-electron chi connectivity index (χ1n) is 5.41. The van der Waals surface area contributed by atoms with E-state index >= 15 is 0 Å². The number of amides is 1. The summed E-state index contributed by atoms with van der Waals surface area (Å²) in [7, 11) is -3.41. The molecule has 0 aliphatic heterocycles. The fraction of sp³-hybridized carbons (Fsp3) is 0.800. The fourth-order valence-corrected chi connectivity index (χ4v) is 2.16. The van der Waals surface area contributed by atoms with E-state index in [0.717, 1.165) is 6.26 Å². The van der Waals surface area contributed by atoms with Gasteiger partial charge in [0, 0.05) is 6.26 Å². The number of nitrogens with one attached hydrogen (secondary N) is 1. The third kappa shape index (κ3) is 3.92. The van der Waals surface area contributed by atoms with Crippen LogP contribution in [0.3, 0.4) is 0 Å². The van der Waals surface area contributed by atoms with Gasteiger partial charge in [0.25, 0.3) is 0 Å². The lowest BCUT2D eigenvalue weighted by Gasteiger charge is -2.32. The Hall–Kier alpha value is -0.690. The lowest BCUT2D eigenvalue weighted by atomic mass is 9.92. The van der Waals surface area contributed by atoms with E-state index < -0.39 is 26.5 Å². The van der Waals surface area contributed by atoms with Crippen molar-refractivity contribution >= 4 is 33.0 Å². The molecule has 100 valence electrons. The molecule has 0 saturated carbocycles. The van der Waals surface area contributed by atoms with E-state index in [2.05, 4.69) is 5.32 Å². The number of hydrogen-bond acceptors (Lipinski definition) is 4. The molecule has 0 fully saturated rings. The minimum atomic E-state index is -3.41. The predicted octanol–water partition coefficient (Wildman–Crippen LogP) is 0.381. The first-order chi connectivity index (χ1) is 7.60. The Morgan fingerprint density at radius 1 is 1.41 bits per heavy atom. The molecule has 0 saturated heterocycles. The van der Waals surface area contributed by atoms with E-state index in [4.69, 9.17) is 18.0 Å². The van der Waals surface area contributed by atoms with Gasteiger partial charge in [-0.25, -0.2) is 8.42 Å². The van der Waals surface area contributed by atoms with E-state index in [9.17, 15) is 13.2 Å². The topological polar surface area (TPSA) is 89.3 Å². The maximum absolute atomic E-state index is 11.8. The first-order valence-corrected chi connectivity index (χ1v) is 7.77. The number of hydrogen-bond donors (Lipinski definition) is 2. The molecule has 5 nitrogen and oxygen atoms in total. The summed E-state index contributed by atoms with van der Waals surface area (Å²) in [5.41, 5.74) is 4.82. The Bertz CT molecular complexity index is 400. The minimum absolute atomic E-state index is 0.177. The molecule has 1 unspecified atom stereocenters. The molecule has 3 N–H and O–H groups in total. The molecule has 0 aliphatic carbocycles. The Kier molecular flexibility index (Phi) is 5.54. The summed E-state index contributed by atoms with van der Waals surface area (Å²) < 4.78 is 22.6. The molecule has 0 rings (SSSR count). The largest absolute Gasteiger partial charge is 0.391 e. The van der Waals surface area contributed by atoms with Crippen LogP contribution in [0.4, 0.5) is 0 Å². The number of thiocarbonyl (C=S) groups is 1. The van der Waals surface area contributed by atoms with Crippen molar-refractivity contribution in [3.63, 3.8) is 0 Å². The second-order valence-corrected chi connectivity index (χ2v) is 6.92. The second-order valence-electron chi connectivity index (χ2n) is 4.11. The number of nitrogens with two attached hydrogens (primary N) is 1. The zero-order valence-corrected chi connectivity index (χ0v) is 12.2. The third-order valence-electron chi connectivity index (χ3n) is 3.05. The quantitative estimate of drug-likeness (QED) is 0.687. The van der Waals surface area contributed by atoms with Crippen molar-refractivity contribution in [2.45, 2.75) is 44.4 Å². The fourth-order valence-electron chi connectivity index (χ4n) is 1.37. The van der Waals surface area contributed by atoms with Crippen LogP contribution in [0.15, 0.2) is 0 Å². The molecule has 1 atom stereocenters. The molecule has 0 bridgehead atoms. The van der Waals surface area contributed by atoms with Gasteiger partial charge < -0.3 is 11.1 Å². The molecule has 0 aromatic carbocycles. The van der Waals surface area contributed by atoms with Crippen molar-refractivity contribution in [1.29, 1.82) is 0 Å². The lowest BCUT2D eigenvalue weighted by Crippen LogP contribution is -2.58. The standard InChI is InChI=1S/C10H20N2O3S2/c1-5-10(6-2,9(11)16)12-8(13)7(3)17(4,14)15/h7H,5-6H2,1-4H3,(H2,11,16)(H,12,13). The van der Waals surface area contributed by atoms with Crippen molar-refractivity contribution in [3.05, 3.63) is 0 Å². The van der Waals surface area contributed by atoms with Crippen LogP contribution in [-0.2, 0) is 14.6 Å². The van der Waals surface area contributed by atoms with Crippen molar-refractivity contribution in [2.75, 3.05) is 6.26 Å². The van der Waals surface area contributed by atoms with Gasteiger partial charge in [-0.3, -0.25) is 4.79 Å². The SMILES string of the molecule is CCC(CC)(NC(=O)C(C)S(C)(=O)=O)C(N)=S. The zero-order valence-electron chi connectivity index (χ0n) is 10.6. The monoisotopic (exact) mass is 280 g/mol. The van der Waals surface area contributed by atoms with Crippen LogP contribution in [0.2, 0.25) is 0 Å². The molecule has 0 aromatic rings. The normalized spacial score (nSPS) is 14.1. The van der Waals surface area contributed by atoms with Crippen molar-refractivity contribution < 1.29 is 13.2 Å². The summed E-state index contributed by atoms with van der Waals surface area (Å²) in [6, 6.07) is 0. The van der Waals surface area contributed by atoms with Crippen LogP contribution in [0.1, 0.15) is 33.6 Å². The van der Waals surface area contributed by atoms with Gasteiger partial charge >= 0.3 is 0 Å². The summed E-state index contributed by atoms with van der Waals surface area (Å²) in [6.45, 7) is 5.03. The predicted molar refractivity (Wildman–Crippen MR) is 72.5 cm³/mol. The smallest absolute Gasteiger partial charge is 0.238 e.